The molecule has 0 unspecified atom stereocenters. The molecule has 1 saturated heterocycles. The van der Waals surface area contributed by atoms with Crippen molar-refractivity contribution in [3.05, 3.63) is 42.8 Å². The zero-order valence-corrected chi connectivity index (χ0v) is 17.6. The zero-order valence-electron chi connectivity index (χ0n) is 15.2. The summed E-state index contributed by atoms with van der Waals surface area (Å²) in [7, 11) is 0. The summed E-state index contributed by atoms with van der Waals surface area (Å²) in [6, 6.07) is 5.78. The van der Waals surface area contributed by atoms with Crippen molar-refractivity contribution in [2.45, 2.75) is 32.2 Å². The maximum Gasteiger partial charge on any atom is 0.311 e. The van der Waals surface area contributed by atoms with E-state index in [1.165, 1.54) is 0 Å². The van der Waals surface area contributed by atoms with Gasteiger partial charge in [0, 0.05) is 34.9 Å². The third-order valence-electron chi connectivity index (χ3n) is 5.04. The molecule has 1 fully saturated rings. The van der Waals surface area contributed by atoms with Gasteiger partial charge in [0.05, 0.1) is 10.6 Å². The minimum absolute atomic E-state index is 0.118. The first-order valence-electron chi connectivity index (χ1n) is 9.29. The van der Waals surface area contributed by atoms with E-state index < -0.39 is 0 Å². The number of hydrogen-bond donors (Lipinski definition) is 1. The number of thiazole rings is 1. The van der Waals surface area contributed by atoms with Crippen LogP contribution in [0.1, 0.15) is 36.1 Å². The van der Waals surface area contributed by atoms with Crippen molar-refractivity contribution in [3.63, 3.8) is 0 Å². The molecule has 2 aromatic rings. The van der Waals surface area contributed by atoms with E-state index in [2.05, 4.69) is 20.9 Å². The Morgan fingerprint density at radius 1 is 1.25 bits per heavy atom. The van der Waals surface area contributed by atoms with Crippen LogP contribution in [0.25, 0.3) is 11.6 Å². The lowest BCUT2D eigenvalue weighted by Gasteiger charge is -2.20. The Balaban J connectivity index is 1.59. The van der Waals surface area contributed by atoms with Gasteiger partial charge in [-0.3, -0.25) is 19.1 Å². The molecular weight excluding hydrogens is 442 g/mol. The normalized spacial score (nSPS) is 17.8. The number of hydrogen-bond acceptors (Lipinski definition) is 5. The highest BCUT2D eigenvalue weighted by molar-refractivity contribution is 9.10. The highest BCUT2D eigenvalue weighted by Gasteiger charge is 2.21. The second-order valence-electron chi connectivity index (χ2n) is 6.96. The SMILES string of the molecule is O=C(Cn1c(O)c(C=C2C=Nc3ccc(Br)cc32)sc1=O)N1CCCCCC1. The number of likely N-dealkylation sites (tertiary alicyclic amines) is 1. The summed E-state index contributed by atoms with van der Waals surface area (Å²) in [5.74, 6) is -0.282. The van der Waals surface area contributed by atoms with E-state index >= 15 is 0 Å². The zero-order chi connectivity index (χ0) is 19.7. The number of rotatable bonds is 3. The van der Waals surface area contributed by atoms with Gasteiger partial charge in [-0.05, 0) is 37.1 Å². The van der Waals surface area contributed by atoms with Crippen molar-refractivity contribution in [2.75, 3.05) is 13.1 Å². The monoisotopic (exact) mass is 461 g/mol. The van der Waals surface area contributed by atoms with Gasteiger partial charge >= 0.3 is 4.87 Å². The average Bonchev–Trinajstić information content (AvgIpc) is 3.03. The molecule has 28 heavy (non-hydrogen) atoms. The molecule has 3 heterocycles. The molecule has 0 aliphatic carbocycles. The number of carbonyl (C=O) groups is 1. The van der Waals surface area contributed by atoms with E-state index in [1.54, 1.807) is 17.2 Å². The first kappa shape index (κ1) is 19.1. The Morgan fingerprint density at radius 3 is 2.75 bits per heavy atom. The van der Waals surface area contributed by atoms with E-state index in [1.807, 2.05) is 18.2 Å². The fourth-order valence-electron chi connectivity index (χ4n) is 3.52. The lowest BCUT2D eigenvalue weighted by Crippen LogP contribution is -2.36. The first-order chi connectivity index (χ1) is 13.5. The van der Waals surface area contributed by atoms with E-state index in [9.17, 15) is 14.7 Å². The summed E-state index contributed by atoms with van der Waals surface area (Å²) < 4.78 is 2.10. The smallest absolute Gasteiger partial charge is 0.311 e. The molecular formula is C20H20BrN3O3S. The standard InChI is InChI=1S/C20H20BrN3O3S/c21-14-5-6-16-15(10-14)13(11-22-16)9-17-19(26)24(20(27)28-17)12-18(25)23-7-3-1-2-4-8-23/h5-6,9-11,26H,1-4,7-8,12H2. The Kier molecular flexibility index (Phi) is 5.50. The maximum atomic E-state index is 12.6. The molecule has 0 saturated carbocycles. The number of benzene rings is 1. The summed E-state index contributed by atoms with van der Waals surface area (Å²) in [5, 5.41) is 10.6. The van der Waals surface area contributed by atoms with Crippen LogP contribution in [0, 0.1) is 0 Å². The Hall–Kier alpha value is -2.19. The summed E-state index contributed by atoms with van der Waals surface area (Å²) in [4.78, 5) is 31.3. The van der Waals surface area contributed by atoms with Crippen LogP contribution in [0.3, 0.4) is 0 Å². The van der Waals surface area contributed by atoms with E-state index in [0.717, 1.165) is 76.0 Å². The largest absolute Gasteiger partial charge is 0.493 e. The molecule has 0 atom stereocenters. The molecule has 6 nitrogen and oxygen atoms in total. The molecule has 0 spiro atoms. The summed E-state index contributed by atoms with van der Waals surface area (Å²) in [5.41, 5.74) is 2.60. The van der Waals surface area contributed by atoms with Crippen LogP contribution in [0.4, 0.5) is 5.69 Å². The fourth-order valence-corrected chi connectivity index (χ4v) is 4.72. The van der Waals surface area contributed by atoms with E-state index in [4.69, 9.17) is 0 Å². The molecule has 4 rings (SSSR count). The van der Waals surface area contributed by atoms with Gasteiger partial charge in [-0.2, -0.15) is 0 Å². The maximum absolute atomic E-state index is 12.6. The highest BCUT2D eigenvalue weighted by atomic mass is 79.9. The van der Waals surface area contributed by atoms with Gasteiger partial charge in [0.1, 0.15) is 6.54 Å². The topological polar surface area (TPSA) is 74.9 Å². The molecule has 1 aromatic heterocycles. The quantitative estimate of drug-likeness (QED) is 0.749. The second-order valence-corrected chi connectivity index (χ2v) is 8.87. The third kappa shape index (κ3) is 3.84. The van der Waals surface area contributed by atoms with Gasteiger partial charge in [0.15, 0.2) is 0 Å². The van der Waals surface area contributed by atoms with Crippen molar-refractivity contribution in [1.82, 2.24) is 9.47 Å². The molecule has 0 radical (unpaired) electrons. The number of fused-ring (bicyclic) bond motifs is 1. The van der Waals surface area contributed by atoms with E-state index in [-0.39, 0.29) is 23.2 Å². The van der Waals surface area contributed by atoms with Gasteiger partial charge < -0.3 is 10.0 Å². The van der Waals surface area contributed by atoms with Crippen molar-refractivity contribution in [2.24, 2.45) is 4.99 Å². The summed E-state index contributed by atoms with van der Waals surface area (Å²) in [6.45, 7) is 1.32. The fraction of sp³-hybridized carbons (Fsp3) is 0.350. The number of halogens is 1. The molecule has 0 bridgehead atoms. The van der Waals surface area contributed by atoms with Crippen LogP contribution in [0.15, 0.2) is 32.5 Å². The van der Waals surface area contributed by atoms with Crippen LogP contribution < -0.4 is 4.87 Å². The van der Waals surface area contributed by atoms with Crippen molar-refractivity contribution >= 4 is 56.7 Å². The number of carbonyl (C=O) groups excluding carboxylic acids is 1. The van der Waals surface area contributed by atoms with Crippen LogP contribution in [-0.2, 0) is 11.3 Å². The van der Waals surface area contributed by atoms with Crippen molar-refractivity contribution in [1.29, 1.82) is 0 Å². The van der Waals surface area contributed by atoms with Crippen LogP contribution in [-0.4, -0.2) is 39.8 Å². The minimum Gasteiger partial charge on any atom is -0.493 e. The first-order valence-corrected chi connectivity index (χ1v) is 10.9. The molecule has 2 aliphatic rings. The Morgan fingerprint density at radius 2 is 2.00 bits per heavy atom. The number of aromatic nitrogens is 1. The number of aromatic hydroxyl groups is 1. The lowest BCUT2D eigenvalue weighted by molar-refractivity contribution is -0.131. The Labute approximate surface area is 175 Å². The molecule has 1 N–H and O–H groups in total. The van der Waals surface area contributed by atoms with Gasteiger partial charge in [-0.15, -0.1) is 0 Å². The molecule has 1 aromatic carbocycles. The number of nitrogens with zero attached hydrogens (tertiary/aromatic N) is 3. The summed E-state index contributed by atoms with van der Waals surface area (Å²) >= 11 is 4.39. The van der Waals surface area contributed by atoms with Gasteiger partial charge in [0.2, 0.25) is 11.8 Å². The molecule has 146 valence electrons. The lowest BCUT2D eigenvalue weighted by atomic mass is 10.1. The van der Waals surface area contributed by atoms with Gasteiger partial charge in [-0.1, -0.05) is 40.1 Å². The highest BCUT2D eigenvalue weighted by Crippen LogP contribution is 2.36. The summed E-state index contributed by atoms with van der Waals surface area (Å²) in [6.07, 6.45) is 7.70. The van der Waals surface area contributed by atoms with Crippen LogP contribution in [0.2, 0.25) is 0 Å². The van der Waals surface area contributed by atoms with Gasteiger partial charge in [-0.25, -0.2) is 0 Å². The second kappa shape index (κ2) is 8.05. The predicted octanol–water partition coefficient (Wildman–Crippen LogP) is 4.04. The molecule has 2 aliphatic heterocycles. The van der Waals surface area contributed by atoms with Crippen LogP contribution in [0.5, 0.6) is 5.88 Å². The van der Waals surface area contributed by atoms with E-state index in [0.29, 0.717) is 4.88 Å². The molecule has 1 amide bonds. The average molecular weight is 462 g/mol. The number of aliphatic imine (C=N–C) groups is 1. The third-order valence-corrected chi connectivity index (χ3v) is 6.45. The predicted molar refractivity (Wildman–Crippen MR) is 115 cm³/mol. The number of amides is 1. The Bertz CT molecular complexity index is 1030. The minimum atomic E-state index is -0.336. The number of allylic oxidation sites excluding steroid dienone is 1. The van der Waals surface area contributed by atoms with Crippen molar-refractivity contribution < 1.29 is 9.90 Å². The van der Waals surface area contributed by atoms with Gasteiger partial charge in [0.25, 0.3) is 0 Å². The molecule has 8 heteroatoms. The van der Waals surface area contributed by atoms with Crippen molar-refractivity contribution in [3.8, 4) is 5.88 Å². The van der Waals surface area contributed by atoms with Crippen LogP contribution >= 0.6 is 27.3 Å².